The van der Waals surface area contributed by atoms with Crippen LogP contribution in [-0.4, -0.2) is 25.2 Å². The smallest absolute Gasteiger partial charge is 0.363 e. The molecule has 0 heterocycles. The lowest BCUT2D eigenvalue weighted by Gasteiger charge is -2.16. The maximum absolute atomic E-state index is 14.4. The molecule has 5 nitrogen and oxygen atoms in total. The Morgan fingerprint density at radius 2 is 1.75 bits per heavy atom. The van der Waals surface area contributed by atoms with E-state index >= 15 is 0 Å². The number of hydrogen-bond donors (Lipinski definition) is 0. The Morgan fingerprint density at radius 1 is 1.20 bits per heavy atom. The van der Waals surface area contributed by atoms with Crippen molar-refractivity contribution in [3.05, 3.63) is 35.4 Å². The van der Waals surface area contributed by atoms with Gasteiger partial charge in [0.15, 0.2) is 0 Å². The van der Waals surface area contributed by atoms with Gasteiger partial charge in [-0.25, -0.2) is 14.0 Å². The van der Waals surface area contributed by atoms with Gasteiger partial charge in [0.25, 0.3) is 0 Å². The molecule has 0 N–H and O–H groups in total. The van der Waals surface area contributed by atoms with Crippen LogP contribution in [0.1, 0.15) is 29.8 Å². The zero-order valence-electron chi connectivity index (χ0n) is 11.2. The van der Waals surface area contributed by atoms with Crippen molar-refractivity contribution in [2.45, 2.75) is 19.5 Å². The summed E-state index contributed by atoms with van der Waals surface area (Å²) in [7, 11) is 0. The Hall–Kier alpha value is -2.42. The number of rotatable bonds is 5. The van der Waals surface area contributed by atoms with E-state index in [9.17, 15) is 14.0 Å². The highest BCUT2D eigenvalue weighted by molar-refractivity contribution is 5.90. The van der Waals surface area contributed by atoms with Crippen molar-refractivity contribution in [2.75, 3.05) is 13.2 Å². The first-order valence-electron chi connectivity index (χ1n) is 6.04. The number of carbonyl (C=O) groups is 2. The van der Waals surface area contributed by atoms with Crippen molar-refractivity contribution in [3.63, 3.8) is 0 Å². The van der Waals surface area contributed by atoms with E-state index in [2.05, 4.69) is 4.74 Å². The average molecular weight is 279 g/mol. The fourth-order valence-electron chi connectivity index (χ4n) is 1.51. The third-order valence-electron chi connectivity index (χ3n) is 2.50. The summed E-state index contributed by atoms with van der Waals surface area (Å²) in [5.74, 6) is -1.83. The van der Waals surface area contributed by atoms with Crippen molar-refractivity contribution >= 4 is 11.9 Å². The molecule has 0 fully saturated rings. The number of halogens is 1. The fraction of sp³-hybridized carbons (Fsp3) is 0.357. The molecule has 0 amide bonds. The van der Waals surface area contributed by atoms with E-state index in [1.54, 1.807) is 6.92 Å². The van der Waals surface area contributed by atoms with E-state index in [0.717, 1.165) is 0 Å². The van der Waals surface area contributed by atoms with Crippen LogP contribution in [-0.2, 0) is 19.9 Å². The number of esters is 2. The van der Waals surface area contributed by atoms with Crippen molar-refractivity contribution in [3.8, 4) is 6.07 Å². The first-order chi connectivity index (χ1) is 9.49. The molecule has 0 aliphatic carbocycles. The molecule has 0 aliphatic heterocycles. The third-order valence-corrected chi connectivity index (χ3v) is 2.50. The molecular formula is C14H14FNO4. The van der Waals surface area contributed by atoms with Crippen LogP contribution in [0.2, 0.25) is 0 Å². The molecule has 0 aromatic heterocycles. The number of carbonyl (C=O) groups excluding carboxylic acids is 2. The lowest BCUT2D eigenvalue weighted by atomic mass is 9.96. The first kappa shape index (κ1) is 15.6. The monoisotopic (exact) mass is 279 g/mol. The number of nitriles is 1. The van der Waals surface area contributed by atoms with Crippen molar-refractivity contribution in [2.24, 2.45) is 0 Å². The number of hydrogen-bond acceptors (Lipinski definition) is 5. The van der Waals surface area contributed by atoms with Gasteiger partial charge in [-0.1, -0.05) is 12.1 Å². The highest BCUT2D eigenvalue weighted by Crippen LogP contribution is 2.27. The van der Waals surface area contributed by atoms with Gasteiger partial charge in [0.2, 0.25) is 0 Å². The summed E-state index contributed by atoms with van der Waals surface area (Å²) < 4.78 is 23.7. The normalized spacial score (nSPS) is 12.9. The van der Waals surface area contributed by atoms with Crippen LogP contribution in [0.15, 0.2) is 24.3 Å². The van der Waals surface area contributed by atoms with Crippen molar-refractivity contribution in [1.82, 2.24) is 0 Å². The second kappa shape index (κ2) is 6.66. The van der Waals surface area contributed by atoms with Gasteiger partial charge in [0.05, 0.1) is 18.8 Å². The largest absolute Gasteiger partial charge is 0.463 e. The molecule has 0 radical (unpaired) electrons. The highest BCUT2D eigenvalue weighted by Gasteiger charge is 2.42. The van der Waals surface area contributed by atoms with Gasteiger partial charge in [0.1, 0.15) is 6.07 Å². The molecule has 0 spiro atoms. The van der Waals surface area contributed by atoms with Crippen LogP contribution in [0, 0.1) is 11.3 Å². The fourth-order valence-corrected chi connectivity index (χ4v) is 1.51. The molecule has 1 aromatic carbocycles. The van der Waals surface area contributed by atoms with Gasteiger partial charge >= 0.3 is 17.6 Å². The Kier molecular flexibility index (Phi) is 5.21. The number of benzene rings is 1. The molecule has 0 saturated carbocycles. The van der Waals surface area contributed by atoms with Gasteiger partial charge in [-0.3, -0.25) is 0 Å². The Bertz CT molecular complexity index is 535. The van der Waals surface area contributed by atoms with Gasteiger partial charge in [-0.2, -0.15) is 5.26 Å². The molecule has 6 heteroatoms. The molecule has 1 atom stereocenters. The standard InChI is InChI=1S/C14H14FNO4/c1-3-19-12(17)10-5-7-11(8-6-10)14(15,9-16)13(18)20-4-2/h5-8H,3-4H2,1-2H3/t14-/m0/s1. The summed E-state index contributed by atoms with van der Waals surface area (Å²) in [5.41, 5.74) is -2.87. The Labute approximate surface area is 115 Å². The Morgan fingerprint density at radius 3 is 2.20 bits per heavy atom. The minimum absolute atomic E-state index is 0.0346. The Balaban J connectivity index is 3.05. The van der Waals surface area contributed by atoms with E-state index in [-0.39, 0.29) is 24.3 Å². The summed E-state index contributed by atoms with van der Waals surface area (Å²) in [4.78, 5) is 22.9. The SMILES string of the molecule is CCOC(=O)c1ccc([C@@](F)(C#N)C(=O)OCC)cc1. The second-order valence-electron chi connectivity index (χ2n) is 3.79. The molecule has 0 aliphatic rings. The van der Waals surface area contributed by atoms with Gasteiger partial charge in [0, 0.05) is 5.56 Å². The predicted molar refractivity (Wildman–Crippen MR) is 67.4 cm³/mol. The number of alkyl halides is 1. The molecule has 0 unspecified atom stereocenters. The topological polar surface area (TPSA) is 76.4 Å². The van der Waals surface area contributed by atoms with Crippen LogP contribution in [0.25, 0.3) is 0 Å². The average Bonchev–Trinajstić information content (AvgIpc) is 2.47. The van der Waals surface area contributed by atoms with Crippen LogP contribution >= 0.6 is 0 Å². The lowest BCUT2D eigenvalue weighted by molar-refractivity contribution is -0.154. The third kappa shape index (κ3) is 3.12. The summed E-state index contributed by atoms with van der Waals surface area (Å²) in [6.45, 7) is 3.36. The first-order valence-corrected chi connectivity index (χ1v) is 6.04. The van der Waals surface area contributed by atoms with Gasteiger partial charge in [-0.15, -0.1) is 0 Å². The molecule has 1 rings (SSSR count). The van der Waals surface area contributed by atoms with Gasteiger partial charge in [-0.05, 0) is 26.0 Å². The van der Waals surface area contributed by atoms with E-state index in [0.29, 0.717) is 0 Å². The van der Waals surface area contributed by atoms with Gasteiger partial charge < -0.3 is 9.47 Å². The molecule has 106 valence electrons. The molecule has 0 saturated heterocycles. The maximum atomic E-state index is 14.4. The summed E-state index contributed by atoms with van der Waals surface area (Å²) in [5, 5.41) is 8.88. The molecule has 0 bridgehead atoms. The zero-order chi connectivity index (χ0) is 15.2. The van der Waals surface area contributed by atoms with E-state index in [1.165, 1.54) is 37.3 Å². The summed E-state index contributed by atoms with van der Waals surface area (Å²) in [6.07, 6.45) is 0. The maximum Gasteiger partial charge on any atom is 0.363 e. The second-order valence-corrected chi connectivity index (χ2v) is 3.79. The molecular weight excluding hydrogens is 265 g/mol. The highest BCUT2D eigenvalue weighted by atomic mass is 19.1. The summed E-state index contributed by atoms with van der Waals surface area (Å²) >= 11 is 0. The van der Waals surface area contributed by atoms with Crippen LogP contribution < -0.4 is 0 Å². The molecule has 20 heavy (non-hydrogen) atoms. The summed E-state index contributed by atoms with van der Waals surface area (Å²) in [6, 6.07) is 6.25. The van der Waals surface area contributed by atoms with Crippen molar-refractivity contribution < 1.29 is 23.5 Å². The minimum Gasteiger partial charge on any atom is -0.463 e. The number of ether oxygens (including phenoxy) is 2. The quantitative estimate of drug-likeness (QED) is 0.771. The van der Waals surface area contributed by atoms with Crippen LogP contribution in [0.4, 0.5) is 4.39 Å². The van der Waals surface area contributed by atoms with Crippen LogP contribution in [0.5, 0.6) is 0 Å². The minimum atomic E-state index is -2.89. The van der Waals surface area contributed by atoms with Crippen LogP contribution in [0.3, 0.4) is 0 Å². The molecule has 1 aromatic rings. The zero-order valence-corrected chi connectivity index (χ0v) is 11.2. The number of nitrogens with zero attached hydrogens (tertiary/aromatic N) is 1. The lowest BCUT2D eigenvalue weighted by Crippen LogP contribution is -2.31. The van der Waals surface area contributed by atoms with E-state index in [1.807, 2.05) is 0 Å². The van der Waals surface area contributed by atoms with E-state index < -0.39 is 17.6 Å². The predicted octanol–water partition coefficient (Wildman–Crippen LogP) is 2.11. The van der Waals surface area contributed by atoms with Crippen molar-refractivity contribution in [1.29, 1.82) is 5.26 Å². The van der Waals surface area contributed by atoms with E-state index in [4.69, 9.17) is 10.00 Å².